The van der Waals surface area contributed by atoms with E-state index in [9.17, 15) is 4.39 Å². The first-order valence-corrected chi connectivity index (χ1v) is 6.61. The lowest BCUT2D eigenvalue weighted by Crippen LogP contribution is -2.06. The Hall–Kier alpha value is -1.86. The highest BCUT2D eigenvalue weighted by Gasteiger charge is 2.08. The number of hydrogen-bond donors (Lipinski definition) is 1. The molecule has 0 aliphatic carbocycles. The molecule has 1 atom stereocenters. The van der Waals surface area contributed by atoms with Crippen LogP contribution in [0, 0.1) is 17.1 Å². The number of anilines is 1. The number of halogens is 2. The van der Waals surface area contributed by atoms with E-state index in [1.807, 2.05) is 19.1 Å². The van der Waals surface area contributed by atoms with Crippen molar-refractivity contribution in [3.8, 4) is 6.07 Å². The van der Waals surface area contributed by atoms with Gasteiger partial charge in [-0.25, -0.2) is 4.39 Å². The van der Waals surface area contributed by atoms with Gasteiger partial charge in [0.15, 0.2) is 0 Å². The number of rotatable bonds is 3. The first-order valence-electron chi connectivity index (χ1n) is 5.82. The summed E-state index contributed by atoms with van der Waals surface area (Å²) in [6.07, 6.45) is 0. The summed E-state index contributed by atoms with van der Waals surface area (Å²) in [6, 6.07) is 14.3. The Morgan fingerprint density at radius 1 is 1.21 bits per heavy atom. The maximum atomic E-state index is 13.2. The summed E-state index contributed by atoms with van der Waals surface area (Å²) in [5, 5.41) is 12.0. The van der Waals surface area contributed by atoms with Crippen molar-refractivity contribution in [2.24, 2.45) is 0 Å². The number of nitrogens with one attached hydrogen (secondary N) is 1. The summed E-state index contributed by atoms with van der Waals surface area (Å²) in [6.45, 7) is 2.00. The average molecular weight is 319 g/mol. The van der Waals surface area contributed by atoms with Crippen LogP contribution in [0.2, 0.25) is 0 Å². The topological polar surface area (TPSA) is 35.8 Å². The summed E-state index contributed by atoms with van der Waals surface area (Å²) < 4.78 is 13.6. The summed E-state index contributed by atoms with van der Waals surface area (Å²) in [4.78, 5) is 0. The van der Waals surface area contributed by atoms with Gasteiger partial charge in [0.1, 0.15) is 5.82 Å². The predicted octanol–water partition coefficient (Wildman–Crippen LogP) is 4.63. The predicted molar refractivity (Wildman–Crippen MR) is 77.3 cm³/mol. The van der Waals surface area contributed by atoms with Crippen molar-refractivity contribution in [2.45, 2.75) is 13.0 Å². The SMILES string of the molecule is CC(Nc1ccc(C#N)cc1)c1ccc(F)c(Br)c1. The fourth-order valence-electron chi connectivity index (χ4n) is 1.76. The molecule has 4 heteroatoms. The molecule has 0 fully saturated rings. The zero-order valence-corrected chi connectivity index (χ0v) is 11.9. The largest absolute Gasteiger partial charge is 0.379 e. The van der Waals surface area contributed by atoms with Gasteiger partial charge < -0.3 is 5.32 Å². The van der Waals surface area contributed by atoms with Gasteiger partial charge in [0.05, 0.1) is 16.1 Å². The molecule has 2 aromatic rings. The summed E-state index contributed by atoms with van der Waals surface area (Å²) in [5.74, 6) is -0.269. The van der Waals surface area contributed by atoms with Gasteiger partial charge in [0, 0.05) is 11.7 Å². The number of hydrogen-bond acceptors (Lipinski definition) is 2. The van der Waals surface area contributed by atoms with Crippen molar-refractivity contribution < 1.29 is 4.39 Å². The molecule has 96 valence electrons. The van der Waals surface area contributed by atoms with Crippen LogP contribution in [0.4, 0.5) is 10.1 Å². The molecule has 2 rings (SSSR count). The van der Waals surface area contributed by atoms with E-state index in [0.717, 1.165) is 11.3 Å². The summed E-state index contributed by atoms with van der Waals surface area (Å²) in [7, 11) is 0. The van der Waals surface area contributed by atoms with E-state index >= 15 is 0 Å². The third kappa shape index (κ3) is 3.33. The summed E-state index contributed by atoms with van der Waals surface area (Å²) >= 11 is 3.18. The molecule has 0 aliphatic heterocycles. The van der Waals surface area contributed by atoms with E-state index in [1.165, 1.54) is 6.07 Å². The van der Waals surface area contributed by atoms with Gasteiger partial charge in [-0.15, -0.1) is 0 Å². The zero-order valence-electron chi connectivity index (χ0n) is 10.3. The lowest BCUT2D eigenvalue weighted by atomic mass is 10.1. The Labute approximate surface area is 120 Å². The molecule has 2 aromatic carbocycles. The molecule has 0 bridgehead atoms. The van der Waals surface area contributed by atoms with Crippen LogP contribution < -0.4 is 5.32 Å². The first kappa shape index (κ1) is 13.6. The number of nitriles is 1. The van der Waals surface area contributed by atoms with Crippen LogP contribution in [0.25, 0.3) is 0 Å². The van der Waals surface area contributed by atoms with Crippen LogP contribution in [-0.4, -0.2) is 0 Å². The van der Waals surface area contributed by atoms with E-state index in [0.29, 0.717) is 10.0 Å². The van der Waals surface area contributed by atoms with Gasteiger partial charge >= 0.3 is 0 Å². The Bertz CT molecular complexity index is 617. The molecule has 1 unspecified atom stereocenters. The highest BCUT2D eigenvalue weighted by atomic mass is 79.9. The Morgan fingerprint density at radius 3 is 2.47 bits per heavy atom. The van der Waals surface area contributed by atoms with Crippen molar-refractivity contribution in [3.05, 3.63) is 63.9 Å². The van der Waals surface area contributed by atoms with Gasteiger partial charge in [0.2, 0.25) is 0 Å². The quantitative estimate of drug-likeness (QED) is 0.895. The Morgan fingerprint density at radius 2 is 1.89 bits per heavy atom. The molecule has 0 amide bonds. The second kappa shape index (κ2) is 5.85. The second-order valence-corrected chi connectivity index (χ2v) is 5.08. The van der Waals surface area contributed by atoms with Crippen molar-refractivity contribution >= 4 is 21.6 Å². The molecule has 1 N–H and O–H groups in total. The third-order valence-electron chi connectivity index (χ3n) is 2.84. The van der Waals surface area contributed by atoms with Crippen LogP contribution in [0.15, 0.2) is 46.9 Å². The van der Waals surface area contributed by atoms with E-state index in [2.05, 4.69) is 27.3 Å². The van der Waals surface area contributed by atoms with Gasteiger partial charge in [0.25, 0.3) is 0 Å². The smallest absolute Gasteiger partial charge is 0.137 e. The normalized spacial score (nSPS) is 11.7. The maximum Gasteiger partial charge on any atom is 0.137 e. The van der Waals surface area contributed by atoms with E-state index < -0.39 is 0 Å². The highest BCUT2D eigenvalue weighted by Crippen LogP contribution is 2.24. The molecule has 0 aliphatic rings. The molecule has 0 saturated carbocycles. The standard InChI is InChI=1S/C15H12BrFN2/c1-10(12-4-7-15(17)14(16)8-12)19-13-5-2-11(9-18)3-6-13/h2-8,10,19H,1H3. The molecule has 0 saturated heterocycles. The fraction of sp³-hybridized carbons (Fsp3) is 0.133. The number of benzene rings is 2. The second-order valence-electron chi connectivity index (χ2n) is 4.23. The van der Waals surface area contributed by atoms with Crippen molar-refractivity contribution in [3.63, 3.8) is 0 Å². The lowest BCUT2D eigenvalue weighted by molar-refractivity contribution is 0.619. The zero-order chi connectivity index (χ0) is 13.8. The minimum Gasteiger partial charge on any atom is -0.379 e. The molecular formula is C15H12BrFN2. The molecule has 2 nitrogen and oxygen atoms in total. The maximum absolute atomic E-state index is 13.2. The van der Waals surface area contributed by atoms with Gasteiger partial charge in [-0.05, 0) is 64.8 Å². The minimum atomic E-state index is -0.269. The van der Waals surface area contributed by atoms with Gasteiger partial charge in [-0.3, -0.25) is 0 Å². The first-order chi connectivity index (χ1) is 9.10. The van der Waals surface area contributed by atoms with Gasteiger partial charge in [-0.1, -0.05) is 6.07 Å². The fourth-order valence-corrected chi connectivity index (χ4v) is 2.15. The van der Waals surface area contributed by atoms with E-state index in [1.54, 1.807) is 24.3 Å². The van der Waals surface area contributed by atoms with Crippen LogP contribution in [0.5, 0.6) is 0 Å². The van der Waals surface area contributed by atoms with Crippen molar-refractivity contribution in [1.82, 2.24) is 0 Å². The minimum absolute atomic E-state index is 0.0461. The van der Waals surface area contributed by atoms with E-state index in [4.69, 9.17) is 5.26 Å². The number of nitrogens with zero attached hydrogens (tertiary/aromatic N) is 1. The molecule has 0 aromatic heterocycles. The van der Waals surface area contributed by atoms with Crippen LogP contribution in [0.3, 0.4) is 0 Å². The van der Waals surface area contributed by atoms with E-state index in [-0.39, 0.29) is 11.9 Å². The highest BCUT2D eigenvalue weighted by molar-refractivity contribution is 9.10. The molecular weight excluding hydrogens is 307 g/mol. The third-order valence-corrected chi connectivity index (χ3v) is 3.45. The molecule has 0 spiro atoms. The van der Waals surface area contributed by atoms with Crippen molar-refractivity contribution in [1.29, 1.82) is 5.26 Å². The average Bonchev–Trinajstić information content (AvgIpc) is 2.42. The monoisotopic (exact) mass is 318 g/mol. The Kier molecular flexibility index (Phi) is 4.18. The summed E-state index contributed by atoms with van der Waals surface area (Å²) in [5.41, 5.74) is 2.53. The molecule has 0 heterocycles. The van der Waals surface area contributed by atoms with Crippen LogP contribution in [-0.2, 0) is 0 Å². The van der Waals surface area contributed by atoms with Crippen LogP contribution in [0.1, 0.15) is 24.1 Å². The Balaban J connectivity index is 2.13. The van der Waals surface area contributed by atoms with Crippen LogP contribution >= 0.6 is 15.9 Å². The molecule has 0 radical (unpaired) electrons. The molecule has 19 heavy (non-hydrogen) atoms. The van der Waals surface area contributed by atoms with Crippen molar-refractivity contribution in [2.75, 3.05) is 5.32 Å². The van der Waals surface area contributed by atoms with Gasteiger partial charge in [-0.2, -0.15) is 5.26 Å². The lowest BCUT2D eigenvalue weighted by Gasteiger charge is -2.16.